The van der Waals surface area contributed by atoms with E-state index in [0.29, 0.717) is 19.6 Å². The number of hydrogen-bond donors (Lipinski definition) is 1. The Morgan fingerprint density at radius 3 is 2.74 bits per heavy atom. The van der Waals surface area contributed by atoms with Gasteiger partial charge in [-0.1, -0.05) is 6.42 Å². The van der Waals surface area contributed by atoms with Crippen LogP contribution >= 0.6 is 0 Å². The molecule has 108 valence electrons. The zero-order valence-corrected chi connectivity index (χ0v) is 11.7. The minimum absolute atomic E-state index is 0.0439. The summed E-state index contributed by atoms with van der Waals surface area (Å²) >= 11 is 0. The maximum Gasteiger partial charge on any atom is 0.239 e. The number of amides is 2. The molecule has 5 nitrogen and oxygen atoms in total. The van der Waals surface area contributed by atoms with Gasteiger partial charge in [0.25, 0.3) is 0 Å². The Bertz CT molecular complexity index is 340. The molecule has 0 unspecified atom stereocenters. The van der Waals surface area contributed by atoms with Gasteiger partial charge in [-0.25, -0.2) is 0 Å². The molecule has 0 radical (unpaired) electrons. The predicted molar refractivity (Wildman–Crippen MR) is 71.6 cm³/mol. The SMILES string of the molecule is COCC1(CNC(=O)CN2CCCCC2=O)CCC1. The number of rotatable bonds is 6. The van der Waals surface area contributed by atoms with Crippen LogP contribution in [-0.2, 0) is 14.3 Å². The van der Waals surface area contributed by atoms with Crippen molar-refractivity contribution in [2.24, 2.45) is 5.41 Å². The van der Waals surface area contributed by atoms with Crippen molar-refractivity contribution in [1.29, 1.82) is 0 Å². The number of carbonyl (C=O) groups excluding carboxylic acids is 2. The average Bonchev–Trinajstić information content (AvgIpc) is 2.35. The lowest BCUT2D eigenvalue weighted by Crippen LogP contribution is -2.48. The topological polar surface area (TPSA) is 58.6 Å². The van der Waals surface area contributed by atoms with Gasteiger partial charge >= 0.3 is 0 Å². The number of hydrogen-bond acceptors (Lipinski definition) is 3. The van der Waals surface area contributed by atoms with Crippen molar-refractivity contribution in [3.8, 4) is 0 Å². The summed E-state index contributed by atoms with van der Waals surface area (Å²) in [6.45, 7) is 2.30. The van der Waals surface area contributed by atoms with Crippen molar-refractivity contribution in [3.05, 3.63) is 0 Å². The van der Waals surface area contributed by atoms with Gasteiger partial charge in [-0.2, -0.15) is 0 Å². The van der Waals surface area contributed by atoms with E-state index in [0.717, 1.165) is 32.2 Å². The smallest absolute Gasteiger partial charge is 0.239 e. The Hall–Kier alpha value is -1.10. The molecule has 1 aliphatic heterocycles. The molecule has 0 bridgehead atoms. The first-order valence-corrected chi connectivity index (χ1v) is 7.19. The summed E-state index contributed by atoms with van der Waals surface area (Å²) in [4.78, 5) is 25.2. The lowest BCUT2D eigenvalue weighted by atomic mass is 9.69. The summed E-state index contributed by atoms with van der Waals surface area (Å²) in [5.41, 5.74) is 0.135. The van der Waals surface area contributed by atoms with Gasteiger partial charge in [-0.3, -0.25) is 9.59 Å². The van der Waals surface area contributed by atoms with Gasteiger partial charge in [-0.15, -0.1) is 0 Å². The molecule has 19 heavy (non-hydrogen) atoms. The molecule has 0 aromatic rings. The molecule has 1 N–H and O–H groups in total. The van der Waals surface area contributed by atoms with E-state index in [1.54, 1.807) is 12.0 Å². The van der Waals surface area contributed by atoms with Crippen LogP contribution < -0.4 is 5.32 Å². The van der Waals surface area contributed by atoms with Crippen molar-refractivity contribution < 1.29 is 14.3 Å². The Morgan fingerprint density at radius 1 is 1.37 bits per heavy atom. The second kappa shape index (κ2) is 6.37. The highest BCUT2D eigenvalue weighted by molar-refractivity contribution is 5.85. The van der Waals surface area contributed by atoms with Gasteiger partial charge in [0.2, 0.25) is 11.8 Å². The molecular weight excluding hydrogens is 244 g/mol. The van der Waals surface area contributed by atoms with Crippen LogP contribution in [0.25, 0.3) is 0 Å². The van der Waals surface area contributed by atoms with Crippen LogP contribution in [0.1, 0.15) is 38.5 Å². The Morgan fingerprint density at radius 2 is 2.16 bits per heavy atom. The van der Waals surface area contributed by atoms with Crippen LogP contribution in [-0.4, -0.2) is 50.1 Å². The van der Waals surface area contributed by atoms with Crippen molar-refractivity contribution in [3.63, 3.8) is 0 Å². The monoisotopic (exact) mass is 268 g/mol. The second-order valence-electron chi connectivity index (χ2n) is 5.84. The fourth-order valence-electron chi connectivity index (χ4n) is 2.90. The molecule has 2 fully saturated rings. The molecule has 1 aliphatic carbocycles. The summed E-state index contributed by atoms with van der Waals surface area (Å²) in [6, 6.07) is 0. The van der Waals surface area contributed by atoms with Crippen LogP contribution in [0.4, 0.5) is 0 Å². The predicted octanol–water partition coefficient (Wildman–Crippen LogP) is 0.932. The number of ether oxygens (including phenoxy) is 1. The van der Waals surface area contributed by atoms with Gasteiger partial charge in [0.05, 0.1) is 13.2 Å². The highest BCUT2D eigenvalue weighted by Crippen LogP contribution is 2.40. The molecule has 2 amide bonds. The van der Waals surface area contributed by atoms with Crippen LogP contribution in [0.2, 0.25) is 0 Å². The minimum Gasteiger partial charge on any atom is -0.384 e. The standard InChI is InChI=1S/C14H24N2O3/c1-19-11-14(6-4-7-14)10-15-12(17)9-16-8-3-2-5-13(16)18/h2-11H2,1H3,(H,15,17). The normalized spacial score (nSPS) is 21.9. The Labute approximate surface area is 114 Å². The molecule has 1 heterocycles. The third-order valence-electron chi connectivity index (χ3n) is 4.28. The van der Waals surface area contributed by atoms with Crippen LogP contribution in [0, 0.1) is 5.41 Å². The quantitative estimate of drug-likeness (QED) is 0.779. The molecular formula is C14H24N2O3. The maximum atomic E-state index is 11.9. The molecule has 1 saturated carbocycles. The lowest BCUT2D eigenvalue weighted by molar-refractivity contribution is -0.138. The number of methoxy groups -OCH3 is 1. The van der Waals surface area contributed by atoms with E-state index in [1.165, 1.54) is 6.42 Å². The largest absolute Gasteiger partial charge is 0.384 e. The third-order valence-corrected chi connectivity index (χ3v) is 4.28. The first-order chi connectivity index (χ1) is 9.15. The van der Waals surface area contributed by atoms with Crippen molar-refractivity contribution in [1.82, 2.24) is 10.2 Å². The van der Waals surface area contributed by atoms with Crippen LogP contribution in [0.5, 0.6) is 0 Å². The fourth-order valence-corrected chi connectivity index (χ4v) is 2.90. The molecule has 1 saturated heterocycles. The lowest BCUT2D eigenvalue weighted by Gasteiger charge is -2.41. The fraction of sp³-hybridized carbons (Fsp3) is 0.857. The van der Waals surface area contributed by atoms with E-state index in [1.807, 2.05) is 0 Å². The summed E-state index contributed by atoms with van der Waals surface area (Å²) in [6.07, 6.45) is 5.98. The number of piperidine rings is 1. The zero-order valence-electron chi connectivity index (χ0n) is 11.7. The Kier molecular flexibility index (Phi) is 4.80. The van der Waals surface area contributed by atoms with Crippen molar-refractivity contribution >= 4 is 11.8 Å². The molecule has 2 aliphatic rings. The Balaban J connectivity index is 1.73. The highest BCUT2D eigenvalue weighted by atomic mass is 16.5. The van der Waals surface area contributed by atoms with Crippen LogP contribution in [0.15, 0.2) is 0 Å². The zero-order chi connectivity index (χ0) is 13.7. The van der Waals surface area contributed by atoms with Gasteiger partial charge in [0, 0.05) is 32.0 Å². The van der Waals surface area contributed by atoms with E-state index < -0.39 is 0 Å². The third kappa shape index (κ3) is 3.69. The second-order valence-corrected chi connectivity index (χ2v) is 5.84. The first kappa shape index (κ1) is 14.3. The van der Waals surface area contributed by atoms with E-state index in [4.69, 9.17) is 4.74 Å². The van der Waals surface area contributed by atoms with Crippen molar-refractivity contribution in [2.45, 2.75) is 38.5 Å². The maximum absolute atomic E-state index is 11.9. The molecule has 2 rings (SSSR count). The summed E-state index contributed by atoms with van der Waals surface area (Å²) in [7, 11) is 1.70. The number of nitrogens with one attached hydrogen (secondary N) is 1. The van der Waals surface area contributed by atoms with Gasteiger partial charge < -0.3 is 15.0 Å². The summed E-state index contributed by atoms with van der Waals surface area (Å²) < 4.78 is 5.23. The summed E-state index contributed by atoms with van der Waals surface area (Å²) in [5.74, 6) is 0.0641. The van der Waals surface area contributed by atoms with Crippen molar-refractivity contribution in [2.75, 3.05) is 33.4 Å². The van der Waals surface area contributed by atoms with E-state index in [-0.39, 0.29) is 23.8 Å². The van der Waals surface area contributed by atoms with E-state index in [2.05, 4.69) is 5.32 Å². The first-order valence-electron chi connectivity index (χ1n) is 7.19. The molecule has 0 aromatic heterocycles. The van der Waals surface area contributed by atoms with Crippen LogP contribution in [0.3, 0.4) is 0 Å². The highest BCUT2D eigenvalue weighted by Gasteiger charge is 2.37. The molecule has 0 atom stereocenters. The molecule has 0 aromatic carbocycles. The van der Waals surface area contributed by atoms with E-state index >= 15 is 0 Å². The molecule has 0 spiro atoms. The van der Waals surface area contributed by atoms with E-state index in [9.17, 15) is 9.59 Å². The number of carbonyl (C=O) groups is 2. The van der Waals surface area contributed by atoms with Gasteiger partial charge in [-0.05, 0) is 25.7 Å². The average molecular weight is 268 g/mol. The minimum atomic E-state index is -0.0439. The number of likely N-dealkylation sites (tertiary alicyclic amines) is 1. The number of nitrogens with zero attached hydrogens (tertiary/aromatic N) is 1. The van der Waals surface area contributed by atoms with Gasteiger partial charge in [0.1, 0.15) is 0 Å². The van der Waals surface area contributed by atoms with Gasteiger partial charge in [0.15, 0.2) is 0 Å². The molecule has 5 heteroatoms. The summed E-state index contributed by atoms with van der Waals surface area (Å²) in [5, 5.41) is 2.97.